The minimum Gasteiger partial charge on any atom is -0.497 e. The van der Waals surface area contributed by atoms with Crippen molar-refractivity contribution in [1.29, 1.82) is 0 Å². The second-order valence-electron chi connectivity index (χ2n) is 6.87. The second kappa shape index (κ2) is 7.31. The molecule has 1 saturated carbocycles. The Labute approximate surface area is 167 Å². The van der Waals surface area contributed by atoms with Crippen LogP contribution in [0.5, 0.6) is 11.5 Å². The van der Waals surface area contributed by atoms with Crippen LogP contribution in [0.15, 0.2) is 30.6 Å². The molecule has 1 fully saturated rings. The summed E-state index contributed by atoms with van der Waals surface area (Å²) < 4.78 is 12.6. The predicted octanol–water partition coefficient (Wildman–Crippen LogP) is 3.58. The highest BCUT2D eigenvalue weighted by atomic mass is 35.5. The molecule has 0 aliphatic heterocycles. The highest BCUT2D eigenvalue weighted by molar-refractivity contribution is 6.30. The van der Waals surface area contributed by atoms with E-state index in [1.807, 2.05) is 23.7 Å². The number of carbonyl (C=O) groups is 1. The van der Waals surface area contributed by atoms with E-state index in [0.717, 1.165) is 23.9 Å². The lowest BCUT2D eigenvalue weighted by Crippen LogP contribution is -2.33. The molecule has 146 valence electrons. The number of amides is 1. The van der Waals surface area contributed by atoms with Gasteiger partial charge in [-0.3, -0.25) is 9.69 Å². The molecule has 0 radical (unpaired) electrons. The van der Waals surface area contributed by atoms with E-state index in [9.17, 15) is 4.79 Å². The van der Waals surface area contributed by atoms with Gasteiger partial charge in [0.25, 0.3) is 0 Å². The third-order valence-corrected chi connectivity index (χ3v) is 5.13. The van der Waals surface area contributed by atoms with E-state index in [1.54, 1.807) is 37.6 Å². The number of aromatic nitrogens is 3. The topological polar surface area (TPSA) is 69.5 Å². The molecule has 0 N–H and O–H groups in total. The van der Waals surface area contributed by atoms with Crippen LogP contribution in [0.4, 0.5) is 5.82 Å². The molecular weight excluding hydrogens is 380 g/mol. The third kappa shape index (κ3) is 3.38. The predicted molar refractivity (Wildman–Crippen MR) is 107 cm³/mol. The molecule has 2 aromatic heterocycles. The quantitative estimate of drug-likeness (QED) is 0.591. The monoisotopic (exact) mass is 400 g/mol. The van der Waals surface area contributed by atoms with Crippen LogP contribution in [0.1, 0.15) is 18.4 Å². The summed E-state index contributed by atoms with van der Waals surface area (Å²) in [6.07, 6.45) is 3.47. The van der Waals surface area contributed by atoms with Gasteiger partial charge in [0.1, 0.15) is 22.2 Å². The number of pyridine rings is 1. The summed E-state index contributed by atoms with van der Waals surface area (Å²) >= 11 is 6.27. The number of halogens is 1. The molecule has 1 amide bonds. The van der Waals surface area contributed by atoms with Gasteiger partial charge in [-0.05, 0) is 25.0 Å². The Bertz CT molecular complexity index is 1050. The molecule has 4 rings (SSSR count). The normalized spacial score (nSPS) is 13.6. The number of rotatable bonds is 6. The van der Waals surface area contributed by atoms with Gasteiger partial charge in [-0.15, -0.1) is 0 Å². The number of aryl methyl sites for hydroxylation is 1. The molecule has 1 aliphatic carbocycles. The highest BCUT2D eigenvalue weighted by Gasteiger charge is 2.36. The number of anilines is 1. The Balaban J connectivity index is 1.81. The third-order valence-electron chi connectivity index (χ3n) is 4.93. The Morgan fingerprint density at radius 1 is 1.29 bits per heavy atom. The lowest BCUT2D eigenvalue weighted by molar-refractivity contribution is -0.119. The summed E-state index contributed by atoms with van der Waals surface area (Å²) in [5.74, 6) is 1.85. The van der Waals surface area contributed by atoms with Crippen LogP contribution in [-0.4, -0.2) is 34.7 Å². The van der Waals surface area contributed by atoms with Gasteiger partial charge in [0.2, 0.25) is 5.91 Å². The summed E-state index contributed by atoms with van der Waals surface area (Å²) in [5, 5.41) is 0.321. The van der Waals surface area contributed by atoms with E-state index in [1.165, 1.54) is 0 Å². The molecule has 0 spiro atoms. The van der Waals surface area contributed by atoms with E-state index in [4.69, 9.17) is 21.1 Å². The molecule has 28 heavy (non-hydrogen) atoms. The fourth-order valence-corrected chi connectivity index (χ4v) is 3.41. The molecule has 1 aliphatic rings. The second-order valence-corrected chi connectivity index (χ2v) is 7.26. The molecule has 2 heterocycles. The maximum absolute atomic E-state index is 13.1. The van der Waals surface area contributed by atoms with Crippen molar-refractivity contribution < 1.29 is 14.3 Å². The Morgan fingerprint density at radius 2 is 2.07 bits per heavy atom. The molecule has 7 nitrogen and oxygen atoms in total. The van der Waals surface area contributed by atoms with E-state index < -0.39 is 0 Å². The van der Waals surface area contributed by atoms with Gasteiger partial charge in [0, 0.05) is 30.7 Å². The van der Waals surface area contributed by atoms with Crippen LogP contribution in [0.25, 0.3) is 11.0 Å². The number of carbonyl (C=O) groups excluding carboxylic acids is 1. The summed E-state index contributed by atoms with van der Waals surface area (Å²) in [6, 6.07) is 7.29. The first-order chi connectivity index (χ1) is 13.5. The Hall–Kier alpha value is -2.80. The number of benzene rings is 1. The van der Waals surface area contributed by atoms with Gasteiger partial charge < -0.3 is 14.0 Å². The highest BCUT2D eigenvalue weighted by Crippen LogP contribution is 2.36. The number of methoxy groups -OCH3 is 2. The number of fused-ring (bicyclic) bond motifs is 1. The van der Waals surface area contributed by atoms with Gasteiger partial charge in [-0.1, -0.05) is 11.6 Å². The largest absolute Gasteiger partial charge is 0.497 e. The zero-order valence-corrected chi connectivity index (χ0v) is 16.7. The molecule has 0 unspecified atom stereocenters. The van der Waals surface area contributed by atoms with Crippen molar-refractivity contribution in [3.05, 3.63) is 41.3 Å². The lowest BCUT2D eigenvalue weighted by atomic mass is 10.1. The van der Waals surface area contributed by atoms with Crippen molar-refractivity contribution in [2.75, 3.05) is 19.1 Å². The molecule has 0 atom stereocenters. The number of ether oxygens (including phenoxy) is 2. The van der Waals surface area contributed by atoms with Gasteiger partial charge >= 0.3 is 0 Å². The summed E-state index contributed by atoms with van der Waals surface area (Å²) in [7, 11) is 5.08. The molecule has 3 aromatic rings. The first-order valence-electron chi connectivity index (χ1n) is 9.01. The van der Waals surface area contributed by atoms with Crippen LogP contribution in [0.2, 0.25) is 5.15 Å². The summed E-state index contributed by atoms with van der Waals surface area (Å²) in [5.41, 5.74) is 2.32. The molecule has 8 heteroatoms. The first kappa shape index (κ1) is 18.6. The van der Waals surface area contributed by atoms with Crippen molar-refractivity contribution in [1.82, 2.24) is 14.5 Å². The summed E-state index contributed by atoms with van der Waals surface area (Å²) in [6.45, 7) is 0.307. The maximum atomic E-state index is 13.1. The van der Waals surface area contributed by atoms with Crippen LogP contribution in [0, 0.1) is 5.92 Å². The van der Waals surface area contributed by atoms with Crippen LogP contribution >= 0.6 is 11.6 Å². The van der Waals surface area contributed by atoms with Gasteiger partial charge in [-0.25, -0.2) is 9.97 Å². The Morgan fingerprint density at radius 3 is 2.75 bits per heavy atom. The molecule has 1 aromatic carbocycles. The first-order valence-corrected chi connectivity index (χ1v) is 9.39. The smallest absolute Gasteiger partial charge is 0.231 e. The zero-order valence-electron chi connectivity index (χ0n) is 16.0. The fraction of sp³-hybridized carbons (Fsp3) is 0.350. The van der Waals surface area contributed by atoms with E-state index >= 15 is 0 Å². The van der Waals surface area contributed by atoms with Crippen molar-refractivity contribution in [3.63, 3.8) is 0 Å². The van der Waals surface area contributed by atoms with Crippen LogP contribution in [-0.2, 0) is 18.4 Å². The number of hydrogen-bond acceptors (Lipinski definition) is 5. The van der Waals surface area contributed by atoms with Crippen molar-refractivity contribution >= 4 is 34.4 Å². The van der Waals surface area contributed by atoms with E-state index in [-0.39, 0.29) is 11.8 Å². The van der Waals surface area contributed by atoms with Crippen molar-refractivity contribution in [2.45, 2.75) is 19.4 Å². The molecule has 0 saturated heterocycles. The zero-order chi connectivity index (χ0) is 19.8. The Kier molecular flexibility index (Phi) is 4.85. The molecular formula is C20H21ClN4O3. The van der Waals surface area contributed by atoms with E-state index in [2.05, 4.69) is 9.97 Å². The lowest BCUT2D eigenvalue weighted by Gasteiger charge is -2.23. The minimum atomic E-state index is 0.0174. The van der Waals surface area contributed by atoms with Crippen molar-refractivity contribution in [2.24, 2.45) is 13.0 Å². The molecule has 0 bridgehead atoms. The average molecular weight is 401 g/mol. The number of nitrogens with zero attached hydrogens (tertiary/aromatic N) is 4. The SMILES string of the molecule is COc1ccc(CN(C(=O)C2CC2)c2nc(Cl)cc3c2ncn3C)c(OC)c1. The van der Waals surface area contributed by atoms with Crippen LogP contribution in [0.3, 0.4) is 0 Å². The van der Waals surface area contributed by atoms with Gasteiger partial charge in [-0.2, -0.15) is 0 Å². The van der Waals surface area contributed by atoms with Gasteiger partial charge in [0.15, 0.2) is 5.82 Å². The van der Waals surface area contributed by atoms with E-state index in [0.29, 0.717) is 34.5 Å². The standard InChI is InChI=1S/C20H21ClN4O3/c1-24-11-22-18-15(24)9-17(21)23-19(18)25(20(26)12-4-5-12)10-13-6-7-14(27-2)8-16(13)28-3/h6-9,11-12H,4-5,10H2,1-3H3. The summed E-state index contributed by atoms with van der Waals surface area (Å²) in [4.78, 5) is 23.7. The van der Waals surface area contributed by atoms with Crippen LogP contribution < -0.4 is 14.4 Å². The maximum Gasteiger partial charge on any atom is 0.231 e. The minimum absolute atomic E-state index is 0.0174. The average Bonchev–Trinajstić information content (AvgIpc) is 3.49. The fourth-order valence-electron chi connectivity index (χ4n) is 3.23. The van der Waals surface area contributed by atoms with Crippen molar-refractivity contribution in [3.8, 4) is 11.5 Å². The number of imidazole rings is 1. The van der Waals surface area contributed by atoms with Gasteiger partial charge in [0.05, 0.1) is 32.6 Å². The number of hydrogen-bond donors (Lipinski definition) is 0.